The maximum atomic E-state index is 6.01. The van der Waals surface area contributed by atoms with Gasteiger partial charge in [-0.05, 0) is 19.7 Å². The lowest BCUT2D eigenvalue weighted by atomic mass is 10.4. The number of aromatic nitrogens is 1. The summed E-state index contributed by atoms with van der Waals surface area (Å²) in [7, 11) is 7.95. The number of hydrogen-bond acceptors (Lipinski definition) is 2. The molecule has 1 aromatic heterocycles. The zero-order valence-electron chi connectivity index (χ0n) is 13.6. The van der Waals surface area contributed by atoms with Gasteiger partial charge < -0.3 is 19.7 Å². The van der Waals surface area contributed by atoms with Crippen LogP contribution in [0.15, 0.2) is 17.3 Å². The Morgan fingerprint density at radius 2 is 2.10 bits per heavy atom. The van der Waals surface area contributed by atoms with E-state index in [9.17, 15) is 0 Å². The van der Waals surface area contributed by atoms with Crippen LogP contribution in [0.4, 0.5) is 0 Å². The second-order valence-corrected chi connectivity index (χ2v) is 5.42. The molecule has 7 heteroatoms. The topological polar surface area (TPSA) is 35.8 Å². The Kier molecular flexibility index (Phi) is 10.1. The van der Waals surface area contributed by atoms with Gasteiger partial charge in [0, 0.05) is 46.1 Å². The summed E-state index contributed by atoms with van der Waals surface area (Å²) in [4.78, 5) is 8.67. The summed E-state index contributed by atoms with van der Waals surface area (Å²) < 4.78 is 2.04. The first-order valence-electron chi connectivity index (χ1n) is 6.89. The predicted octanol–water partition coefficient (Wildman–Crippen LogP) is 2.26. The highest BCUT2D eigenvalue weighted by Gasteiger charge is 2.09. The highest BCUT2D eigenvalue weighted by atomic mass is 127. The average molecular weight is 428 g/mol. The van der Waals surface area contributed by atoms with Gasteiger partial charge in [-0.3, -0.25) is 4.99 Å². The number of halogens is 2. The number of hydrogen-bond donors (Lipinski definition) is 1. The third kappa shape index (κ3) is 6.88. The molecule has 5 nitrogen and oxygen atoms in total. The van der Waals surface area contributed by atoms with Gasteiger partial charge in [-0.1, -0.05) is 18.5 Å². The number of aryl methyl sites for hydroxylation is 1. The SMILES string of the molecule is CCN(C)CCNC(=NC)N(C)Cc1cc(Cl)cn1C.I. The fourth-order valence-corrected chi connectivity index (χ4v) is 2.21. The summed E-state index contributed by atoms with van der Waals surface area (Å²) in [6.07, 6.45) is 1.91. The van der Waals surface area contributed by atoms with Crippen LogP contribution < -0.4 is 5.32 Å². The molecule has 0 aliphatic rings. The van der Waals surface area contributed by atoms with Crippen LogP contribution in [-0.2, 0) is 13.6 Å². The minimum absolute atomic E-state index is 0. The molecule has 0 spiro atoms. The molecule has 1 heterocycles. The van der Waals surface area contributed by atoms with E-state index in [2.05, 4.69) is 34.1 Å². The summed E-state index contributed by atoms with van der Waals surface area (Å²) in [6, 6.07) is 1.98. The molecule has 0 unspecified atom stereocenters. The molecule has 0 saturated heterocycles. The third-order valence-corrected chi connectivity index (χ3v) is 3.57. The van der Waals surface area contributed by atoms with E-state index in [1.807, 2.05) is 30.9 Å². The Bertz CT molecular complexity index is 447. The number of rotatable bonds is 6. The van der Waals surface area contributed by atoms with Gasteiger partial charge in [0.05, 0.1) is 11.6 Å². The molecule has 1 N–H and O–H groups in total. The van der Waals surface area contributed by atoms with Crippen molar-refractivity contribution in [1.29, 1.82) is 0 Å². The highest BCUT2D eigenvalue weighted by molar-refractivity contribution is 14.0. The van der Waals surface area contributed by atoms with E-state index in [4.69, 9.17) is 11.6 Å². The Labute approximate surface area is 150 Å². The van der Waals surface area contributed by atoms with Crippen LogP contribution in [0.5, 0.6) is 0 Å². The van der Waals surface area contributed by atoms with Gasteiger partial charge in [-0.25, -0.2) is 0 Å². The Balaban J connectivity index is 0.00000400. The van der Waals surface area contributed by atoms with Crippen LogP contribution in [0.1, 0.15) is 12.6 Å². The molecule has 0 bridgehead atoms. The largest absolute Gasteiger partial charge is 0.355 e. The standard InChI is InChI=1S/C14H26ClN5.HI/c1-6-18(3)8-7-17-14(16-2)20(5)11-13-9-12(15)10-19(13)4;/h9-10H,6-8,11H2,1-5H3,(H,16,17);1H. The van der Waals surface area contributed by atoms with Crippen LogP contribution in [0.25, 0.3) is 0 Å². The highest BCUT2D eigenvalue weighted by Crippen LogP contribution is 2.14. The van der Waals surface area contributed by atoms with Gasteiger partial charge in [0.2, 0.25) is 0 Å². The molecule has 0 radical (unpaired) electrons. The minimum Gasteiger partial charge on any atom is -0.355 e. The maximum absolute atomic E-state index is 6.01. The van der Waals surface area contributed by atoms with Crippen molar-refractivity contribution in [2.45, 2.75) is 13.5 Å². The molecule has 21 heavy (non-hydrogen) atoms. The lowest BCUT2D eigenvalue weighted by Gasteiger charge is -2.23. The van der Waals surface area contributed by atoms with Crippen molar-refractivity contribution >= 4 is 41.5 Å². The van der Waals surface area contributed by atoms with E-state index in [0.29, 0.717) is 0 Å². The average Bonchev–Trinajstić information content (AvgIpc) is 2.72. The summed E-state index contributed by atoms with van der Waals surface area (Å²) in [6.45, 7) is 5.86. The maximum Gasteiger partial charge on any atom is 0.193 e. The quantitative estimate of drug-likeness (QED) is 0.430. The van der Waals surface area contributed by atoms with Gasteiger partial charge in [-0.15, -0.1) is 24.0 Å². The van der Waals surface area contributed by atoms with Crippen LogP contribution in [0, 0.1) is 0 Å². The predicted molar refractivity (Wildman–Crippen MR) is 102 cm³/mol. The number of nitrogens with one attached hydrogen (secondary N) is 1. The van der Waals surface area contributed by atoms with E-state index in [1.54, 1.807) is 7.05 Å². The molecule has 0 aromatic carbocycles. The minimum atomic E-state index is 0. The van der Waals surface area contributed by atoms with Gasteiger partial charge in [0.25, 0.3) is 0 Å². The van der Waals surface area contributed by atoms with Crippen molar-refractivity contribution < 1.29 is 0 Å². The van der Waals surface area contributed by atoms with Gasteiger partial charge >= 0.3 is 0 Å². The van der Waals surface area contributed by atoms with Crippen LogP contribution >= 0.6 is 35.6 Å². The Hall–Kier alpha value is -0.470. The first kappa shape index (κ1) is 20.5. The van der Waals surface area contributed by atoms with Crippen molar-refractivity contribution in [3.63, 3.8) is 0 Å². The van der Waals surface area contributed by atoms with Gasteiger partial charge in [0.1, 0.15) is 0 Å². The van der Waals surface area contributed by atoms with Crippen LogP contribution in [0.2, 0.25) is 5.02 Å². The first-order valence-corrected chi connectivity index (χ1v) is 7.26. The van der Waals surface area contributed by atoms with Crippen molar-refractivity contribution in [2.24, 2.45) is 12.0 Å². The molecular formula is C14H27ClIN5. The third-order valence-electron chi connectivity index (χ3n) is 3.36. The van der Waals surface area contributed by atoms with E-state index in [-0.39, 0.29) is 24.0 Å². The smallest absolute Gasteiger partial charge is 0.193 e. The zero-order valence-corrected chi connectivity index (χ0v) is 16.6. The lowest BCUT2D eigenvalue weighted by Crippen LogP contribution is -2.41. The number of aliphatic imine (C=N–C) groups is 1. The van der Waals surface area contributed by atoms with Crippen LogP contribution in [0.3, 0.4) is 0 Å². The second kappa shape index (κ2) is 10.3. The summed E-state index contributed by atoms with van der Waals surface area (Å²) in [5.41, 5.74) is 1.16. The van der Waals surface area contributed by atoms with Gasteiger partial charge in [-0.2, -0.15) is 0 Å². The fourth-order valence-electron chi connectivity index (χ4n) is 1.94. The molecule has 122 valence electrons. The van der Waals surface area contributed by atoms with Crippen molar-refractivity contribution in [1.82, 2.24) is 19.7 Å². The number of nitrogens with zero attached hydrogens (tertiary/aromatic N) is 4. The Morgan fingerprint density at radius 1 is 1.43 bits per heavy atom. The summed E-state index contributed by atoms with van der Waals surface area (Å²) in [5.74, 6) is 0.895. The van der Waals surface area contributed by atoms with Crippen molar-refractivity contribution in [3.8, 4) is 0 Å². The van der Waals surface area contributed by atoms with E-state index < -0.39 is 0 Å². The molecule has 0 amide bonds. The normalized spacial score (nSPS) is 11.5. The van der Waals surface area contributed by atoms with Gasteiger partial charge in [0.15, 0.2) is 5.96 Å². The molecular weight excluding hydrogens is 401 g/mol. The van der Waals surface area contributed by atoms with E-state index in [0.717, 1.165) is 42.9 Å². The fraction of sp³-hybridized carbons (Fsp3) is 0.643. The molecule has 1 rings (SSSR count). The molecule has 0 aliphatic carbocycles. The van der Waals surface area contributed by atoms with Crippen LogP contribution in [-0.4, -0.2) is 61.1 Å². The monoisotopic (exact) mass is 427 g/mol. The second-order valence-electron chi connectivity index (χ2n) is 4.99. The molecule has 0 saturated carbocycles. The van der Waals surface area contributed by atoms with Crippen molar-refractivity contribution in [2.75, 3.05) is 40.8 Å². The summed E-state index contributed by atoms with van der Waals surface area (Å²) in [5, 5.41) is 4.14. The number of guanidine groups is 1. The first-order chi connectivity index (χ1) is 9.47. The van der Waals surface area contributed by atoms with Crippen molar-refractivity contribution in [3.05, 3.63) is 23.0 Å². The summed E-state index contributed by atoms with van der Waals surface area (Å²) >= 11 is 6.01. The van der Waals surface area contributed by atoms with E-state index in [1.165, 1.54) is 0 Å². The molecule has 0 fully saturated rings. The van der Waals surface area contributed by atoms with E-state index >= 15 is 0 Å². The zero-order chi connectivity index (χ0) is 15.1. The molecule has 0 aliphatic heterocycles. The lowest BCUT2D eigenvalue weighted by molar-refractivity contribution is 0.353. The Morgan fingerprint density at radius 3 is 2.57 bits per heavy atom. The molecule has 0 atom stereocenters. The molecule has 1 aromatic rings. The number of likely N-dealkylation sites (N-methyl/N-ethyl adjacent to an activating group) is 1.